The van der Waals surface area contributed by atoms with Gasteiger partial charge in [0.05, 0.1) is 0 Å². The number of rotatable bonds is 9. The Balaban J connectivity index is 3.21. The molecule has 0 aromatic heterocycles. The van der Waals surface area contributed by atoms with E-state index in [1.54, 1.807) is 0 Å². The molecule has 0 saturated heterocycles. The van der Waals surface area contributed by atoms with Gasteiger partial charge in [-0.2, -0.15) is 0 Å². The van der Waals surface area contributed by atoms with E-state index >= 15 is 0 Å². The Morgan fingerprint density at radius 2 is 1.93 bits per heavy atom. The lowest BCUT2D eigenvalue weighted by atomic mass is 10.1. The maximum Gasteiger partial charge on any atom is -0.0262 e. The van der Waals surface area contributed by atoms with Crippen LogP contribution in [-0.4, -0.2) is 12.3 Å². The number of allylic oxidation sites excluding steroid dienone is 2. The fourth-order valence-electron chi connectivity index (χ4n) is 1.44. The molecule has 0 nitrogen and oxygen atoms in total. The first-order chi connectivity index (χ1) is 6.81. The molecule has 0 fully saturated rings. The summed E-state index contributed by atoms with van der Waals surface area (Å²) in [6.45, 7) is 6.86. The number of hydrogen-bond donors (Lipinski definition) is 0. The average Bonchev–Trinajstić information content (AvgIpc) is 2.18. The van der Waals surface area contributed by atoms with Crippen LogP contribution < -0.4 is 0 Å². The molecule has 0 bridgehead atoms. The van der Waals surface area contributed by atoms with Crippen LogP contribution in [0.4, 0.5) is 0 Å². The highest BCUT2D eigenvalue weighted by Crippen LogP contribution is 2.16. The summed E-state index contributed by atoms with van der Waals surface area (Å²) in [4.78, 5) is 0. The first kappa shape index (κ1) is 14.2. The summed E-state index contributed by atoms with van der Waals surface area (Å²) in [5.74, 6) is 0.799. The van der Waals surface area contributed by atoms with Gasteiger partial charge in [0.15, 0.2) is 0 Å². The molecule has 0 aliphatic carbocycles. The van der Waals surface area contributed by atoms with Gasteiger partial charge in [0.1, 0.15) is 0 Å². The molecule has 0 spiro atoms. The van der Waals surface area contributed by atoms with Gasteiger partial charge in [0, 0.05) is 0 Å². The molecule has 0 amide bonds. The fraction of sp³-hybridized carbons (Fsp3) is 0.846. The zero-order valence-electron chi connectivity index (χ0n) is 10.2. The predicted molar refractivity (Wildman–Crippen MR) is 70.8 cm³/mol. The van der Waals surface area contributed by atoms with Gasteiger partial charge in [-0.25, -0.2) is 0 Å². The molecular weight excluding hydrogens is 187 g/mol. The van der Waals surface area contributed by atoms with Crippen LogP contribution in [0.1, 0.15) is 52.9 Å². The van der Waals surface area contributed by atoms with Gasteiger partial charge >= 0.3 is 0 Å². The molecule has 0 aliphatic heterocycles. The van der Waals surface area contributed by atoms with Gasteiger partial charge in [-0.1, -0.05) is 45.8 Å². The zero-order chi connectivity index (χ0) is 10.6. The van der Waals surface area contributed by atoms with Crippen molar-refractivity contribution in [3.8, 4) is 0 Å². The third kappa shape index (κ3) is 10.3. The van der Waals surface area contributed by atoms with Crippen molar-refractivity contribution in [1.82, 2.24) is 0 Å². The molecular formula is C13H27P. The molecule has 14 heavy (non-hydrogen) atoms. The lowest BCUT2D eigenvalue weighted by Crippen LogP contribution is -1.91. The van der Waals surface area contributed by atoms with E-state index in [2.05, 4.69) is 32.9 Å². The summed E-state index contributed by atoms with van der Waals surface area (Å²) in [6.07, 6.45) is 14.4. The van der Waals surface area contributed by atoms with Gasteiger partial charge < -0.3 is 0 Å². The van der Waals surface area contributed by atoms with E-state index < -0.39 is 0 Å². The maximum absolute atomic E-state index is 2.40. The Bertz CT molecular complexity index is 129. The van der Waals surface area contributed by atoms with Crippen LogP contribution >= 0.6 is 8.58 Å². The van der Waals surface area contributed by atoms with E-state index in [1.807, 2.05) is 0 Å². The normalized spacial score (nSPS) is 14.5. The highest BCUT2D eigenvalue weighted by atomic mass is 31.1. The molecule has 0 saturated carbocycles. The number of unbranched alkanes of at least 4 members (excludes halogenated alkanes) is 1. The first-order valence-corrected chi connectivity index (χ1v) is 7.60. The van der Waals surface area contributed by atoms with Gasteiger partial charge in [0.25, 0.3) is 0 Å². The van der Waals surface area contributed by atoms with Crippen LogP contribution in [0.15, 0.2) is 12.2 Å². The molecule has 0 N–H and O–H groups in total. The summed E-state index contributed by atoms with van der Waals surface area (Å²) in [7, 11) is 1.21. The summed E-state index contributed by atoms with van der Waals surface area (Å²) < 4.78 is 0. The Morgan fingerprint density at radius 3 is 2.57 bits per heavy atom. The average molecular weight is 214 g/mol. The summed E-state index contributed by atoms with van der Waals surface area (Å²) in [5, 5.41) is 0. The van der Waals surface area contributed by atoms with Gasteiger partial charge in [-0.05, 0) is 37.5 Å². The summed E-state index contributed by atoms with van der Waals surface area (Å²) >= 11 is 0. The fourth-order valence-corrected chi connectivity index (χ4v) is 2.50. The number of hydrogen-bond acceptors (Lipinski definition) is 0. The van der Waals surface area contributed by atoms with Gasteiger partial charge in [0.2, 0.25) is 0 Å². The van der Waals surface area contributed by atoms with Crippen molar-refractivity contribution in [2.75, 3.05) is 12.3 Å². The van der Waals surface area contributed by atoms with Crippen molar-refractivity contribution < 1.29 is 0 Å². The van der Waals surface area contributed by atoms with Crippen molar-refractivity contribution in [2.24, 2.45) is 5.92 Å². The van der Waals surface area contributed by atoms with Crippen LogP contribution in [0.2, 0.25) is 0 Å². The standard InChI is InChI=1S/C13H27P/c1-4-6-7-9-13(3)10-8-12-14-11-5-2/h7,9,13-14H,4-6,8,10-12H2,1-3H3. The highest BCUT2D eigenvalue weighted by Gasteiger charge is 1.96. The molecule has 0 radical (unpaired) electrons. The Hall–Kier alpha value is 0.170. The molecule has 0 heterocycles. The highest BCUT2D eigenvalue weighted by molar-refractivity contribution is 7.37. The SMILES string of the molecule is CCCC=CC(C)CCCPCCC. The molecule has 0 aromatic carbocycles. The summed E-state index contributed by atoms with van der Waals surface area (Å²) in [6, 6.07) is 0. The van der Waals surface area contributed by atoms with E-state index in [0.717, 1.165) is 5.92 Å². The van der Waals surface area contributed by atoms with Crippen molar-refractivity contribution in [1.29, 1.82) is 0 Å². The summed E-state index contributed by atoms with van der Waals surface area (Å²) in [5.41, 5.74) is 0. The van der Waals surface area contributed by atoms with Crippen LogP contribution in [-0.2, 0) is 0 Å². The van der Waals surface area contributed by atoms with Gasteiger partial charge in [-0.3, -0.25) is 0 Å². The smallest absolute Gasteiger partial charge is 0.0262 e. The van der Waals surface area contributed by atoms with Crippen molar-refractivity contribution in [3.05, 3.63) is 12.2 Å². The zero-order valence-corrected chi connectivity index (χ0v) is 11.2. The Morgan fingerprint density at radius 1 is 1.14 bits per heavy atom. The molecule has 2 atom stereocenters. The minimum Gasteiger partial charge on any atom is -0.122 e. The molecule has 0 aliphatic rings. The first-order valence-electron chi connectivity index (χ1n) is 6.18. The van der Waals surface area contributed by atoms with Crippen molar-refractivity contribution in [3.63, 3.8) is 0 Å². The Labute approximate surface area is 92.3 Å². The van der Waals surface area contributed by atoms with Crippen LogP contribution in [0.5, 0.6) is 0 Å². The second-order valence-electron chi connectivity index (χ2n) is 4.09. The van der Waals surface area contributed by atoms with Crippen molar-refractivity contribution in [2.45, 2.75) is 52.9 Å². The minimum absolute atomic E-state index is 0.799. The molecule has 0 aromatic rings. The largest absolute Gasteiger partial charge is 0.122 e. The van der Waals surface area contributed by atoms with Crippen molar-refractivity contribution >= 4 is 8.58 Å². The van der Waals surface area contributed by atoms with Gasteiger partial charge in [-0.15, -0.1) is 8.58 Å². The van der Waals surface area contributed by atoms with Crippen LogP contribution in [0, 0.1) is 5.92 Å². The van der Waals surface area contributed by atoms with Crippen LogP contribution in [0.3, 0.4) is 0 Å². The van der Waals surface area contributed by atoms with Crippen LogP contribution in [0.25, 0.3) is 0 Å². The molecule has 84 valence electrons. The maximum atomic E-state index is 2.40. The monoisotopic (exact) mass is 214 g/mol. The third-order valence-corrected chi connectivity index (χ3v) is 3.92. The molecule has 2 unspecified atom stereocenters. The lowest BCUT2D eigenvalue weighted by molar-refractivity contribution is 0.634. The topological polar surface area (TPSA) is 0 Å². The lowest BCUT2D eigenvalue weighted by Gasteiger charge is -2.05. The van der Waals surface area contributed by atoms with E-state index in [1.165, 1.54) is 53.0 Å². The molecule has 0 rings (SSSR count). The minimum atomic E-state index is 0.799. The molecule has 1 heteroatoms. The Kier molecular flexibility index (Phi) is 11.4. The van der Waals surface area contributed by atoms with E-state index in [0.29, 0.717) is 0 Å². The second-order valence-corrected chi connectivity index (χ2v) is 5.59. The third-order valence-electron chi connectivity index (χ3n) is 2.36. The second kappa shape index (κ2) is 11.2. The predicted octanol–water partition coefficient (Wildman–Crippen LogP) is 4.85. The van der Waals surface area contributed by atoms with E-state index in [4.69, 9.17) is 0 Å². The van der Waals surface area contributed by atoms with E-state index in [9.17, 15) is 0 Å². The quantitative estimate of drug-likeness (QED) is 0.292. The van der Waals surface area contributed by atoms with E-state index in [-0.39, 0.29) is 0 Å².